The van der Waals surface area contributed by atoms with E-state index in [0.29, 0.717) is 25.4 Å². The number of carbonyl (C=O) groups excluding carboxylic acids is 2. The van der Waals surface area contributed by atoms with Crippen molar-refractivity contribution in [3.05, 3.63) is 54.4 Å². The number of hydrogen-bond donors (Lipinski definition) is 0. The van der Waals surface area contributed by atoms with Crippen LogP contribution in [0.5, 0.6) is 5.75 Å². The number of ether oxygens (including phenoxy) is 2. The van der Waals surface area contributed by atoms with Crippen molar-refractivity contribution in [2.75, 3.05) is 31.7 Å². The molecule has 0 N–H and O–H groups in total. The van der Waals surface area contributed by atoms with E-state index in [-0.39, 0.29) is 30.3 Å². The molecule has 3 heterocycles. The van der Waals surface area contributed by atoms with Crippen LogP contribution in [0.25, 0.3) is 0 Å². The van der Waals surface area contributed by atoms with E-state index in [2.05, 4.69) is 4.98 Å². The van der Waals surface area contributed by atoms with Gasteiger partial charge in [-0.25, -0.2) is 0 Å². The molecular formula is C23H27N3O4. The highest BCUT2D eigenvalue weighted by atomic mass is 16.5. The first-order chi connectivity index (χ1) is 14.6. The van der Waals surface area contributed by atoms with Gasteiger partial charge in [-0.3, -0.25) is 14.6 Å². The highest BCUT2D eigenvalue weighted by Gasteiger charge is 2.38. The third-order valence-corrected chi connectivity index (χ3v) is 5.70. The summed E-state index contributed by atoms with van der Waals surface area (Å²) in [5, 5.41) is 0. The summed E-state index contributed by atoms with van der Waals surface area (Å²) < 4.78 is 11.0. The number of benzene rings is 1. The molecule has 158 valence electrons. The molecule has 1 aromatic carbocycles. The smallest absolute Gasteiger partial charge is 0.228 e. The van der Waals surface area contributed by atoms with Gasteiger partial charge in [-0.15, -0.1) is 0 Å². The normalized spacial score (nSPS) is 21.1. The van der Waals surface area contributed by atoms with Gasteiger partial charge in [-0.05, 0) is 36.6 Å². The maximum atomic E-state index is 13.4. The maximum absolute atomic E-state index is 13.4. The first-order valence-electron chi connectivity index (χ1n) is 10.4. The number of methoxy groups -OCH3 is 1. The molecule has 7 heteroatoms. The number of hydrogen-bond acceptors (Lipinski definition) is 5. The van der Waals surface area contributed by atoms with Gasteiger partial charge in [0, 0.05) is 56.8 Å². The molecule has 7 nitrogen and oxygen atoms in total. The van der Waals surface area contributed by atoms with Gasteiger partial charge in [0.1, 0.15) is 5.75 Å². The van der Waals surface area contributed by atoms with Gasteiger partial charge in [0.15, 0.2) is 0 Å². The third kappa shape index (κ3) is 4.62. The van der Waals surface area contributed by atoms with Crippen LogP contribution in [0.4, 0.5) is 5.69 Å². The van der Waals surface area contributed by atoms with Crippen LogP contribution < -0.4 is 9.64 Å². The Kier molecular flexibility index (Phi) is 6.28. The van der Waals surface area contributed by atoms with Crippen LogP contribution >= 0.6 is 0 Å². The largest absolute Gasteiger partial charge is 0.497 e. The number of nitrogens with zero attached hydrogens (tertiary/aromatic N) is 3. The number of amides is 2. The molecule has 2 aromatic rings. The number of carbonyl (C=O) groups is 2. The van der Waals surface area contributed by atoms with E-state index in [1.165, 1.54) is 0 Å². The summed E-state index contributed by atoms with van der Waals surface area (Å²) in [7, 11) is 1.60. The minimum Gasteiger partial charge on any atom is -0.497 e. The third-order valence-electron chi connectivity index (χ3n) is 5.70. The van der Waals surface area contributed by atoms with Crippen molar-refractivity contribution in [1.82, 2.24) is 9.88 Å². The van der Waals surface area contributed by atoms with Crippen molar-refractivity contribution in [1.29, 1.82) is 0 Å². The van der Waals surface area contributed by atoms with E-state index in [1.807, 2.05) is 41.3 Å². The molecule has 0 aliphatic carbocycles. The fourth-order valence-corrected chi connectivity index (χ4v) is 4.14. The lowest BCUT2D eigenvalue weighted by atomic mass is 10.1. The van der Waals surface area contributed by atoms with Crippen molar-refractivity contribution in [3.63, 3.8) is 0 Å². The van der Waals surface area contributed by atoms with Crippen LogP contribution in [0.2, 0.25) is 0 Å². The second-order valence-corrected chi connectivity index (χ2v) is 7.82. The number of aromatic nitrogens is 1. The summed E-state index contributed by atoms with van der Waals surface area (Å²) in [4.78, 5) is 33.8. The summed E-state index contributed by atoms with van der Waals surface area (Å²) >= 11 is 0. The number of anilines is 1. The summed E-state index contributed by atoms with van der Waals surface area (Å²) in [6.45, 7) is 2.12. The van der Waals surface area contributed by atoms with Crippen LogP contribution in [0.3, 0.4) is 0 Å². The molecule has 30 heavy (non-hydrogen) atoms. The summed E-state index contributed by atoms with van der Waals surface area (Å²) in [5.41, 5.74) is 1.73. The van der Waals surface area contributed by atoms with Crippen molar-refractivity contribution < 1.29 is 19.1 Å². The summed E-state index contributed by atoms with van der Waals surface area (Å²) in [5.74, 6) is 0.265. The van der Waals surface area contributed by atoms with Gasteiger partial charge in [0.25, 0.3) is 0 Å². The van der Waals surface area contributed by atoms with Crippen molar-refractivity contribution in [2.24, 2.45) is 5.92 Å². The molecule has 2 atom stereocenters. The van der Waals surface area contributed by atoms with Gasteiger partial charge in [0.2, 0.25) is 11.8 Å². The minimum atomic E-state index is -0.373. The van der Waals surface area contributed by atoms with Crippen LogP contribution in [0, 0.1) is 5.92 Å². The molecule has 0 saturated carbocycles. The SMILES string of the molecule is COc1cccc(N2CC(C(=O)N(Cc3cccnc3)CC3CCCO3)CC2=O)c1. The van der Waals surface area contributed by atoms with Crippen LogP contribution in [-0.4, -0.2) is 54.6 Å². The lowest BCUT2D eigenvalue weighted by Gasteiger charge is -2.28. The van der Waals surface area contributed by atoms with Crippen LogP contribution in [0.15, 0.2) is 48.8 Å². The molecular weight excluding hydrogens is 382 g/mol. The van der Waals surface area contributed by atoms with E-state index in [1.54, 1.807) is 24.4 Å². The summed E-state index contributed by atoms with van der Waals surface area (Å²) in [6, 6.07) is 11.2. The van der Waals surface area contributed by atoms with Crippen molar-refractivity contribution in [2.45, 2.75) is 31.9 Å². The standard InChI is InChI=1S/C23H27N3O4/c1-29-20-7-2-6-19(12-20)26-15-18(11-22(26)27)23(28)25(16-21-8-4-10-30-21)14-17-5-3-9-24-13-17/h2-3,5-7,9,12-13,18,21H,4,8,10-11,14-16H2,1H3. The molecule has 4 rings (SSSR count). The van der Waals surface area contributed by atoms with Gasteiger partial charge < -0.3 is 19.3 Å². The second-order valence-electron chi connectivity index (χ2n) is 7.82. The van der Waals surface area contributed by atoms with Gasteiger partial charge in [-0.2, -0.15) is 0 Å². The molecule has 2 aliphatic heterocycles. The lowest BCUT2D eigenvalue weighted by Crippen LogP contribution is -2.41. The lowest BCUT2D eigenvalue weighted by molar-refractivity contribution is -0.138. The number of rotatable bonds is 7. The predicted octanol–water partition coefficient (Wildman–Crippen LogP) is 2.65. The first-order valence-corrected chi connectivity index (χ1v) is 10.4. The van der Waals surface area contributed by atoms with Gasteiger partial charge >= 0.3 is 0 Å². The topological polar surface area (TPSA) is 72.0 Å². The van der Waals surface area contributed by atoms with E-state index >= 15 is 0 Å². The Bertz CT molecular complexity index is 883. The fourth-order valence-electron chi connectivity index (χ4n) is 4.14. The maximum Gasteiger partial charge on any atom is 0.228 e. The summed E-state index contributed by atoms with van der Waals surface area (Å²) in [6.07, 6.45) is 5.74. The van der Waals surface area contributed by atoms with E-state index < -0.39 is 0 Å². The zero-order chi connectivity index (χ0) is 20.9. The van der Waals surface area contributed by atoms with E-state index in [4.69, 9.17) is 9.47 Å². The molecule has 2 aliphatic rings. The molecule has 0 bridgehead atoms. The molecule has 0 spiro atoms. The Labute approximate surface area is 176 Å². The van der Waals surface area contributed by atoms with Crippen LogP contribution in [0.1, 0.15) is 24.8 Å². The Morgan fingerprint density at radius 1 is 1.33 bits per heavy atom. The minimum absolute atomic E-state index is 0.00639. The number of pyridine rings is 1. The highest BCUT2D eigenvalue weighted by Crippen LogP contribution is 2.29. The molecule has 2 fully saturated rings. The molecule has 2 amide bonds. The first kappa shape index (κ1) is 20.3. The Morgan fingerprint density at radius 2 is 2.23 bits per heavy atom. The Morgan fingerprint density at radius 3 is 2.97 bits per heavy atom. The Hall–Kier alpha value is -2.93. The van der Waals surface area contributed by atoms with Crippen molar-refractivity contribution >= 4 is 17.5 Å². The van der Waals surface area contributed by atoms with Gasteiger partial charge in [0.05, 0.1) is 19.1 Å². The second kappa shape index (κ2) is 9.26. The van der Waals surface area contributed by atoms with Gasteiger partial charge in [-0.1, -0.05) is 12.1 Å². The fraction of sp³-hybridized carbons (Fsp3) is 0.435. The molecule has 0 radical (unpaired) electrons. The molecule has 2 saturated heterocycles. The zero-order valence-electron chi connectivity index (χ0n) is 17.2. The quantitative estimate of drug-likeness (QED) is 0.703. The average molecular weight is 409 g/mol. The monoisotopic (exact) mass is 409 g/mol. The highest BCUT2D eigenvalue weighted by molar-refractivity contribution is 6.00. The van der Waals surface area contributed by atoms with Crippen LogP contribution in [-0.2, 0) is 20.9 Å². The Balaban J connectivity index is 1.49. The zero-order valence-corrected chi connectivity index (χ0v) is 17.2. The molecule has 2 unspecified atom stereocenters. The average Bonchev–Trinajstić information content (AvgIpc) is 3.43. The van der Waals surface area contributed by atoms with E-state index in [9.17, 15) is 9.59 Å². The van der Waals surface area contributed by atoms with E-state index in [0.717, 1.165) is 30.7 Å². The predicted molar refractivity (Wildman–Crippen MR) is 112 cm³/mol. The van der Waals surface area contributed by atoms with Crippen molar-refractivity contribution in [3.8, 4) is 5.75 Å². The molecule has 1 aromatic heterocycles.